The summed E-state index contributed by atoms with van der Waals surface area (Å²) >= 11 is 3.28. The summed E-state index contributed by atoms with van der Waals surface area (Å²) in [6, 6.07) is 3.94. The molecule has 0 bridgehead atoms. The van der Waals surface area contributed by atoms with Gasteiger partial charge in [-0.2, -0.15) is 0 Å². The molecule has 3 nitrogen and oxygen atoms in total. The largest absolute Gasteiger partial charge is 0.330 e. The monoisotopic (exact) mass is 243 g/mol. The zero-order valence-electron chi connectivity index (χ0n) is 7.41. The van der Waals surface area contributed by atoms with E-state index in [1.807, 2.05) is 12.1 Å². The van der Waals surface area contributed by atoms with Gasteiger partial charge in [-0.15, -0.1) is 0 Å². The number of halogens is 1. The highest BCUT2D eigenvalue weighted by atomic mass is 79.9. The smallest absolute Gasteiger partial charge is 0.106 e. The summed E-state index contributed by atoms with van der Waals surface area (Å²) in [6.45, 7) is 0.692. The van der Waals surface area contributed by atoms with E-state index < -0.39 is 0 Å². The van der Waals surface area contributed by atoms with Crippen molar-refractivity contribution in [3.63, 3.8) is 0 Å². The quantitative estimate of drug-likeness (QED) is 0.790. The number of rotatable bonds is 4. The predicted molar refractivity (Wildman–Crippen MR) is 57.2 cm³/mol. The van der Waals surface area contributed by atoms with Crippen LogP contribution in [-0.2, 0) is 0 Å². The molecule has 1 rings (SSSR count). The molecule has 72 valence electrons. The molecule has 0 aliphatic carbocycles. The minimum atomic E-state index is 0.0594. The molecular weight excluding hydrogens is 230 g/mol. The molecule has 0 spiro atoms. The van der Waals surface area contributed by atoms with E-state index in [1.54, 1.807) is 6.20 Å². The van der Waals surface area contributed by atoms with Crippen molar-refractivity contribution < 1.29 is 0 Å². The van der Waals surface area contributed by atoms with Crippen LogP contribution >= 0.6 is 15.9 Å². The highest BCUT2D eigenvalue weighted by Gasteiger charge is 2.04. The van der Waals surface area contributed by atoms with Crippen molar-refractivity contribution in [1.29, 1.82) is 0 Å². The lowest BCUT2D eigenvalue weighted by atomic mass is 10.1. The molecule has 13 heavy (non-hydrogen) atoms. The van der Waals surface area contributed by atoms with E-state index >= 15 is 0 Å². The summed E-state index contributed by atoms with van der Waals surface area (Å²) in [6.07, 6.45) is 3.67. The van der Waals surface area contributed by atoms with E-state index in [0.717, 1.165) is 23.0 Å². The number of aromatic nitrogens is 1. The molecule has 0 aliphatic heterocycles. The Kier molecular flexibility index (Phi) is 4.35. The van der Waals surface area contributed by atoms with Crippen molar-refractivity contribution in [3.8, 4) is 0 Å². The predicted octanol–water partition coefficient (Wildman–Crippen LogP) is 1.58. The second-order valence-corrected chi connectivity index (χ2v) is 3.76. The lowest BCUT2D eigenvalue weighted by Crippen LogP contribution is -2.12. The number of hydrogen-bond acceptors (Lipinski definition) is 3. The van der Waals surface area contributed by atoms with Crippen LogP contribution in [0.2, 0.25) is 0 Å². The van der Waals surface area contributed by atoms with Crippen molar-refractivity contribution in [2.45, 2.75) is 18.9 Å². The Balaban J connectivity index is 2.55. The van der Waals surface area contributed by atoms with E-state index in [1.165, 1.54) is 0 Å². The number of hydrogen-bond donors (Lipinski definition) is 2. The molecule has 4 heteroatoms. The summed E-state index contributed by atoms with van der Waals surface area (Å²) in [5.41, 5.74) is 12.4. The van der Waals surface area contributed by atoms with Gasteiger partial charge in [-0.1, -0.05) is 6.07 Å². The highest BCUT2D eigenvalue weighted by Crippen LogP contribution is 2.15. The van der Waals surface area contributed by atoms with Gasteiger partial charge in [0.05, 0.1) is 0 Å². The molecule has 0 aliphatic rings. The Hall–Kier alpha value is -0.450. The Morgan fingerprint density at radius 1 is 1.46 bits per heavy atom. The van der Waals surface area contributed by atoms with Crippen LogP contribution in [0.3, 0.4) is 0 Å². The van der Waals surface area contributed by atoms with Gasteiger partial charge in [0.15, 0.2) is 0 Å². The van der Waals surface area contributed by atoms with Crippen molar-refractivity contribution in [2.75, 3.05) is 6.54 Å². The van der Waals surface area contributed by atoms with Crippen molar-refractivity contribution in [2.24, 2.45) is 11.5 Å². The summed E-state index contributed by atoms with van der Waals surface area (Å²) < 4.78 is 0.835. The lowest BCUT2D eigenvalue weighted by molar-refractivity contribution is 0.616. The molecule has 1 aromatic rings. The topological polar surface area (TPSA) is 64.9 Å². The van der Waals surface area contributed by atoms with Crippen molar-refractivity contribution in [3.05, 3.63) is 28.5 Å². The van der Waals surface area contributed by atoms with Crippen LogP contribution in [0.4, 0.5) is 0 Å². The molecule has 1 atom stereocenters. The van der Waals surface area contributed by atoms with Crippen LogP contribution in [0, 0.1) is 0 Å². The van der Waals surface area contributed by atoms with Crippen molar-refractivity contribution in [1.82, 2.24) is 4.98 Å². The molecule has 0 fully saturated rings. The van der Waals surface area contributed by atoms with Crippen LogP contribution < -0.4 is 11.5 Å². The molecule has 0 radical (unpaired) electrons. The molecular formula is C9H14BrN3. The summed E-state index contributed by atoms with van der Waals surface area (Å²) in [5, 5.41) is 0. The molecule has 0 amide bonds. The Bertz CT molecular complexity index is 248. The third-order valence-corrected chi connectivity index (χ3v) is 2.37. The van der Waals surface area contributed by atoms with Gasteiger partial charge in [-0.05, 0) is 46.9 Å². The molecule has 0 saturated carbocycles. The molecule has 1 aromatic heterocycles. The Labute approximate surface area is 86.7 Å². The number of nitrogens with zero attached hydrogens (tertiary/aromatic N) is 1. The maximum Gasteiger partial charge on any atom is 0.106 e. The van der Waals surface area contributed by atoms with Crippen LogP contribution in [0.15, 0.2) is 22.9 Å². The lowest BCUT2D eigenvalue weighted by Gasteiger charge is -2.10. The third kappa shape index (κ3) is 3.42. The molecule has 1 heterocycles. The zero-order chi connectivity index (χ0) is 9.68. The first-order chi connectivity index (χ1) is 6.24. The Morgan fingerprint density at radius 3 is 2.77 bits per heavy atom. The fraction of sp³-hybridized carbons (Fsp3) is 0.444. The summed E-state index contributed by atoms with van der Waals surface area (Å²) in [7, 11) is 0. The minimum Gasteiger partial charge on any atom is -0.330 e. The van der Waals surface area contributed by atoms with E-state index in [4.69, 9.17) is 11.5 Å². The molecule has 0 saturated heterocycles. The first kappa shape index (κ1) is 10.6. The number of pyridine rings is 1. The maximum atomic E-state index is 5.92. The van der Waals surface area contributed by atoms with Gasteiger partial charge < -0.3 is 11.5 Å². The Morgan fingerprint density at radius 2 is 2.23 bits per heavy atom. The van der Waals surface area contributed by atoms with Gasteiger partial charge >= 0.3 is 0 Å². The SMILES string of the molecule is NCCC[C@@H](N)c1ccc(Br)nc1. The second-order valence-electron chi connectivity index (χ2n) is 2.95. The van der Waals surface area contributed by atoms with Crippen molar-refractivity contribution >= 4 is 15.9 Å². The molecule has 0 unspecified atom stereocenters. The minimum absolute atomic E-state index is 0.0594. The summed E-state index contributed by atoms with van der Waals surface area (Å²) in [4.78, 5) is 4.11. The van der Waals surface area contributed by atoms with Gasteiger partial charge in [-0.25, -0.2) is 4.98 Å². The second kappa shape index (κ2) is 5.32. The van der Waals surface area contributed by atoms with Gasteiger partial charge in [0, 0.05) is 12.2 Å². The zero-order valence-corrected chi connectivity index (χ0v) is 9.00. The van der Waals surface area contributed by atoms with E-state index in [9.17, 15) is 0 Å². The fourth-order valence-corrected chi connectivity index (χ4v) is 1.35. The van der Waals surface area contributed by atoms with Crippen LogP contribution in [0.1, 0.15) is 24.4 Å². The first-order valence-electron chi connectivity index (χ1n) is 4.31. The summed E-state index contributed by atoms with van der Waals surface area (Å²) in [5.74, 6) is 0. The van der Waals surface area contributed by atoms with E-state index in [-0.39, 0.29) is 6.04 Å². The third-order valence-electron chi connectivity index (χ3n) is 1.90. The van der Waals surface area contributed by atoms with Crippen LogP contribution in [0.25, 0.3) is 0 Å². The molecule has 0 aromatic carbocycles. The van der Waals surface area contributed by atoms with Gasteiger partial charge in [0.25, 0.3) is 0 Å². The van der Waals surface area contributed by atoms with Gasteiger partial charge in [0.2, 0.25) is 0 Å². The van der Waals surface area contributed by atoms with Crippen LogP contribution in [0.5, 0.6) is 0 Å². The highest BCUT2D eigenvalue weighted by molar-refractivity contribution is 9.10. The number of nitrogens with two attached hydrogens (primary N) is 2. The van der Waals surface area contributed by atoms with E-state index in [0.29, 0.717) is 6.54 Å². The van der Waals surface area contributed by atoms with Gasteiger partial charge in [-0.3, -0.25) is 0 Å². The normalized spacial score (nSPS) is 12.8. The average molecular weight is 244 g/mol. The van der Waals surface area contributed by atoms with Crippen LogP contribution in [-0.4, -0.2) is 11.5 Å². The fourth-order valence-electron chi connectivity index (χ4n) is 1.11. The average Bonchev–Trinajstić information content (AvgIpc) is 2.15. The van der Waals surface area contributed by atoms with E-state index in [2.05, 4.69) is 20.9 Å². The standard InChI is InChI=1S/C9H14BrN3/c10-9-4-3-7(6-13-9)8(12)2-1-5-11/h3-4,6,8H,1-2,5,11-12H2/t8-/m1/s1. The molecule has 4 N–H and O–H groups in total. The van der Waals surface area contributed by atoms with Gasteiger partial charge in [0.1, 0.15) is 4.60 Å². The maximum absolute atomic E-state index is 5.92. The first-order valence-corrected chi connectivity index (χ1v) is 5.10.